The van der Waals surface area contributed by atoms with Gasteiger partial charge in [0.2, 0.25) is 0 Å². The highest BCUT2D eigenvalue weighted by atomic mass is 15.3. The zero-order valence-corrected chi connectivity index (χ0v) is 9.89. The molecule has 2 aliphatic heterocycles. The normalized spacial score (nSPS) is 34.2. The van der Waals surface area contributed by atoms with Crippen LogP contribution in [0, 0.1) is 5.92 Å². The van der Waals surface area contributed by atoms with Gasteiger partial charge < -0.3 is 5.32 Å². The Balaban J connectivity index is 1.74. The van der Waals surface area contributed by atoms with Crippen LogP contribution in [0.5, 0.6) is 0 Å². The molecule has 2 aliphatic rings. The Morgan fingerprint density at radius 2 is 2.06 bits per heavy atom. The lowest BCUT2D eigenvalue weighted by Crippen LogP contribution is -2.37. The average molecular weight is 216 g/mol. The van der Waals surface area contributed by atoms with Crippen LogP contribution in [0.3, 0.4) is 0 Å². The highest BCUT2D eigenvalue weighted by Gasteiger charge is 2.41. The van der Waals surface area contributed by atoms with Gasteiger partial charge in [0.05, 0.1) is 0 Å². The predicted molar refractivity (Wildman–Crippen MR) is 66.2 cm³/mol. The third-order valence-electron chi connectivity index (χ3n) is 4.15. The summed E-state index contributed by atoms with van der Waals surface area (Å²) in [7, 11) is 0. The molecule has 2 saturated heterocycles. The van der Waals surface area contributed by atoms with Crippen LogP contribution in [0.1, 0.15) is 18.9 Å². The monoisotopic (exact) mass is 216 g/mol. The number of fused-ring (bicyclic) bond motifs is 1. The molecule has 3 unspecified atom stereocenters. The van der Waals surface area contributed by atoms with Crippen molar-refractivity contribution in [3.63, 3.8) is 0 Å². The van der Waals surface area contributed by atoms with Crippen molar-refractivity contribution in [2.75, 3.05) is 13.1 Å². The summed E-state index contributed by atoms with van der Waals surface area (Å²) in [5.41, 5.74) is 1.45. The number of benzene rings is 1. The maximum atomic E-state index is 3.52. The predicted octanol–water partition coefficient (Wildman–Crippen LogP) is 1.87. The van der Waals surface area contributed by atoms with E-state index in [4.69, 9.17) is 0 Å². The van der Waals surface area contributed by atoms with Crippen LogP contribution in [0.25, 0.3) is 0 Å². The Morgan fingerprint density at radius 3 is 2.88 bits per heavy atom. The first-order valence-electron chi connectivity index (χ1n) is 6.35. The van der Waals surface area contributed by atoms with E-state index in [-0.39, 0.29) is 0 Å². The van der Waals surface area contributed by atoms with Crippen LogP contribution in [-0.2, 0) is 6.54 Å². The van der Waals surface area contributed by atoms with E-state index in [0.29, 0.717) is 0 Å². The maximum absolute atomic E-state index is 3.52. The van der Waals surface area contributed by atoms with Gasteiger partial charge in [0.25, 0.3) is 0 Å². The second-order valence-corrected chi connectivity index (χ2v) is 5.23. The Hall–Kier alpha value is -0.860. The van der Waals surface area contributed by atoms with E-state index in [2.05, 4.69) is 47.5 Å². The molecule has 2 heterocycles. The summed E-state index contributed by atoms with van der Waals surface area (Å²) in [5, 5.41) is 3.52. The van der Waals surface area contributed by atoms with Gasteiger partial charge in [-0.2, -0.15) is 0 Å². The van der Waals surface area contributed by atoms with Gasteiger partial charge in [-0.15, -0.1) is 0 Å². The molecular weight excluding hydrogens is 196 g/mol. The first kappa shape index (κ1) is 10.3. The first-order valence-corrected chi connectivity index (χ1v) is 6.35. The minimum Gasteiger partial charge on any atom is -0.315 e. The molecule has 3 rings (SSSR count). The SMILES string of the molecule is CC1CC2CNCC2N1Cc1ccccc1. The van der Waals surface area contributed by atoms with Crippen molar-refractivity contribution in [3.8, 4) is 0 Å². The number of nitrogens with one attached hydrogen (secondary N) is 1. The van der Waals surface area contributed by atoms with Crippen LogP contribution in [0.4, 0.5) is 0 Å². The van der Waals surface area contributed by atoms with Crippen LogP contribution in [-0.4, -0.2) is 30.1 Å². The van der Waals surface area contributed by atoms with E-state index in [0.717, 1.165) is 24.5 Å². The average Bonchev–Trinajstić information content (AvgIpc) is 2.84. The van der Waals surface area contributed by atoms with Crippen molar-refractivity contribution in [1.82, 2.24) is 10.2 Å². The summed E-state index contributed by atoms with van der Waals surface area (Å²) in [6.07, 6.45) is 1.37. The summed E-state index contributed by atoms with van der Waals surface area (Å²) in [6.45, 7) is 5.90. The van der Waals surface area contributed by atoms with Gasteiger partial charge in [-0.05, 0) is 31.4 Å². The number of hydrogen-bond acceptors (Lipinski definition) is 2. The Morgan fingerprint density at radius 1 is 1.25 bits per heavy atom. The molecule has 0 bridgehead atoms. The van der Waals surface area contributed by atoms with Gasteiger partial charge in [0.1, 0.15) is 0 Å². The van der Waals surface area contributed by atoms with Crippen LogP contribution < -0.4 is 5.32 Å². The molecule has 16 heavy (non-hydrogen) atoms. The van der Waals surface area contributed by atoms with Gasteiger partial charge >= 0.3 is 0 Å². The van der Waals surface area contributed by atoms with Crippen LogP contribution in [0.15, 0.2) is 30.3 Å². The van der Waals surface area contributed by atoms with E-state index in [9.17, 15) is 0 Å². The standard InChI is InChI=1S/C14H20N2/c1-11-7-13-8-15-9-14(13)16(11)10-12-5-3-2-4-6-12/h2-6,11,13-15H,7-10H2,1H3. The molecule has 1 aromatic rings. The van der Waals surface area contributed by atoms with Gasteiger partial charge in [-0.1, -0.05) is 30.3 Å². The van der Waals surface area contributed by atoms with Gasteiger partial charge in [0, 0.05) is 25.2 Å². The summed E-state index contributed by atoms with van der Waals surface area (Å²) in [4.78, 5) is 2.68. The molecule has 3 atom stereocenters. The third-order valence-corrected chi connectivity index (χ3v) is 4.15. The fourth-order valence-corrected chi connectivity index (χ4v) is 3.32. The van der Waals surface area contributed by atoms with E-state index >= 15 is 0 Å². The lowest BCUT2D eigenvalue weighted by atomic mass is 10.0. The first-order chi connectivity index (χ1) is 7.84. The molecule has 2 fully saturated rings. The molecule has 0 aliphatic carbocycles. The van der Waals surface area contributed by atoms with Crippen LogP contribution in [0.2, 0.25) is 0 Å². The summed E-state index contributed by atoms with van der Waals surface area (Å²) < 4.78 is 0. The van der Waals surface area contributed by atoms with Crippen molar-refractivity contribution in [1.29, 1.82) is 0 Å². The maximum Gasteiger partial charge on any atom is 0.0267 e. The van der Waals surface area contributed by atoms with E-state index in [1.807, 2.05) is 0 Å². The molecule has 0 amide bonds. The van der Waals surface area contributed by atoms with E-state index in [1.54, 1.807) is 0 Å². The summed E-state index contributed by atoms with van der Waals surface area (Å²) >= 11 is 0. The molecule has 2 nitrogen and oxygen atoms in total. The van der Waals surface area contributed by atoms with Crippen molar-refractivity contribution in [2.45, 2.75) is 32.0 Å². The number of hydrogen-bond donors (Lipinski definition) is 1. The number of nitrogens with zero attached hydrogens (tertiary/aromatic N) is 1. The van der Waals surface area contributed by atoms with E-state index in [1.165, 1.54) is 25.1 Å². The molecule has 2 heteroatoms. The molecule has 0 saturated carbocycles. The second kappa shape index (κ2) is 4.19. The van der Waals surface area contributed by atoms with Crippen molar-refractivity contribution >= 4 is 0 Å². The fourth-order valence-electron chi connectivity index (χ4n) is 3.32. The molecule has 1 N–H and O–H groups in total. The Labute approximate surface area is 97.6 Å². The summed E-state index contributed by atoms with van der Waals surface area (Å²) in [5.74, 6) is 0.888. The Bertz CT molecular complexity index is 349. The lowest BCUT2D eigenvalue weighted by Gasteiger charge is -2.27. The molecule has 1 aromatic carbocycles. The van der Waals surface area contributed by atoms with Crippen molar-refractivity contribution in [3.05, 3.63) is 35.9 Å². The van der Waals surface area contributed by atoms with Gasteiger partial charge in [-0.3, -0.25) is 4.90 Å². The third kappa shape index (κ3) is 1.76. The van der Waals surface area contributed by atoms with E-state index < -0.39 is 0 Å². The van der Waals surface area contributed by atoms with Crippen LogP contribution >= 0.6 is 0 Å². The smallest absolute Gasteiger partial charge is 0.0267 e. The molecule has 0 aromatic heterocycles. The number of rotatable bonds is 2. The fraction of sp³-hybridized carbons (Fsp3) is 0.571. The topological polar surface area (TPSA) is 15.3 Å². The molecule has 0 radical (unpaired) electrons. The van der Waals surface area contributed by atoms with Crippen molar-refractivity contribution < 1.29 is 0 Å². The molecule has 0 spiro atoms. The molecule has 86 valence electrons. The number of likely N-dealkylation sites (tertiary alicyclic amines) is 1. The van der Waals surface area contributed by atoms with Gasteiger partial charge in [-0.25, -0.2) is 0 Å². The quantitative estimate of drug-likeness (QED) is 0.812. The Kier molecular flexibility index (Phi) is 2.70. The van der Waals surface area contributed by atoms with Gasteiger partial charge in [0.15, 0.2) is 0 Å². The lowest BCUT2D eigenvalue weighted by molar-refractivity contribution is 0.195. The minimum absolute atomic E-state index is 0.748. The highest BCUT2D eigenvalue weighted by Crippen LogP contribution is 2.33. The second-order valence-electron chi connectivity index (χ2n) is 5.23. The largest absolute Gasteiger partial charge is 0.315 e. The summed E-state index contributed by atoms with van der Waals surface area (Å²) in [6, 6.07) is 12.4. The van der Waals surface area contributed by atoms with Crippen molar-refractivity contribution in [2.24, 2.45) is 5.92 Å². The zero-order chi connectivity index (χ0) is 11.0. The molecular formula is C14H20N2. The zero-order valence-electron chi connectivity index (χ0n) is 9.89. The highest BCUT2D eigenvalue weighted by molar-refractivity contribution is 5.15. The minimum atomic E-state index is 0.748.